The Morgan fingerprint density at radius 1 is 1.29 bits per heavy atom. The van der Waals surface area contributed by atoms with Crippen molar-refractivity contribution in [2.45, 2.75) is 44.6 Å². The molecule has 144 valence electrons. The Morgan fingerprint density at radius 3 is 2.79 bits per heavy atom. The van der Waals surface area contributed by atoms with Crippen LogP contribution in [0.15, 0.2) is 48.5 Å². The molecule has 1 aliphatic heterocycles. The van der Waals surface area contributed by atoms with E-state index in [1.54, 1.807) is 6.92 Å². The smallest absolute Gasteiger partial charge is 0.221 e. The number of likely N-dealkylation sites (tertiary alicyclic amines) is 1. The maximum Gasteiger partial charge on any atom is 0.221 e. The van der Waals surface area contributed by atoms with E-state index in [1.165, 1.54) is 29.5 Å². The standard InChI is InChI=1S/C25H28N2O/c1-4-14-27-15-8-11-22-24(27)16-19-12-13-21(26-18(2)28)17-23(19)25(22,3)20-9-6-5-7-10-20/h1,5-7,9-10,12-13,17,22,24H,8,11,14-16H2,2-3H3,(H,26,28). The SMILES string of the molecule is C#CCN1CCCC2C1Cc1ccc(NC(C)=O)cc1C2(C)c1ccccc1. The fourth-order valence-corrected chi connectivity index (χ4v) is 5.48. The van der Waals surface area contributed by atoms with Gasteiger partial charge in [-0.3, -0.25) is 9.69 Å². The van der Waals surface area contributed by atoms with Crippen LogP contribution in [-0.2, 0) is 16.6 Å². The molecule has 3 atom stereocenters. The Hall–Kier alpha value is -2.57. The number of nitrogens with one attached hydrogen (secondary N) is 1. The molecule has 1 N–H and O–H groups in total. The summed E-state index contributed by atoms with van der Waals surface area (Å²) in [6.07, 6.45) is 9.08. The van der Waals surface area contributed by atoms with Gasteiger partial charge in [0.15, 0.2) is 0 Å². The Kier molecular flexibility index (Phi) is 5.00. The van der Waals surface area contributed by atoms with Crippen LogP contribution in [0.5, 0.6) is 0 Å². The minimum atomic E-state index is -0.110. The normalized spacial score (nSPS) is 26.6. The van der Waals surface area contributed by atoms with Gasteiger partial charge < -0.3 is 5.32 Å². The highest BCUT2D eigenvalue weighted by Crippen LogP contribution is 2.51. The highest BCUT2D eigenvalue weighted by atomic mass is 16.1. The van der Waals surface area contributed by atoms with Crippen molar-refractivity contribution in [2.24, 2.45) is 5.92 Å². The van der Waals surface area contributed by atoms with Gasteiger partial charge in [0, 0.05) is 24.1 Å². The number of amides is 1. The lowest BCUT2D eigenvalue weighted by Gasteiger charge is -2.53. The summed E-state index contributed by atoms with van der Waals surface area (Å²) in [4.78, 5) is 14.1. The van der Waals surface area contributed by atoms with Crippen LogP contribution in [-0.4, -0.2) is 29.9 Å². The Labute approximate surface area is 168 Å². The summed E-state index contributed by atoms with van der Waals surface area (Å²) in [5.41, 5.74) is 4.82. The maximum absolute atomic E-state index is 11.6. The molecule has 0 spiro atoms. The lowest BCUT2D eigenvalue weighted by atomic mass is 9.57. The van der Waals surface area contributed by atoms with Crippen LogP contribution in [0.3, 0.4) is 0 Å². The van der Waals surface area contributed by atoms with Crippen molar-refractivity contribution in [3.63, 3.8) is 0 Å². The molecule has 4 rings (SSSR count). The predicted molar refractivity (Wildman–Crippen MR) is 114 cm³/mol. The zero-order chi connectivity index (χ0) is 19.7. The number of piperidine rings is 1. The average molecular weight is 373 g/mol. The van der Waals surface area contributed by atoms with Crippen LogP contribution in [0.25, 0.3) is 0 Å². The second-order valence-electron chi connectivity index (χ2n) is 8.32. The van der Waals surface area contributed by atoms with Crippen molar-refractivity contribution in [3.8, 4) is 12.3 Å². The van der Waals surface area contributed by atoms with E-state index in [0.29, 0.717) is 18.5 Å². The van der Waals surface area contributed by atoms with Gasteiger partial charge in [-0.2, -0.15) is 0 Å². The fourth-order valence-electron chi connectivity index (χ4n) is 5.48. The quantitative estimate of drug-likeness (QED) is 0.818. The number of anilines is 1. The first-order valence-electron chi connectivity index (χ1n) is 10.2. The van der Waals surface area contributed by atoms with Crippen molar-refractivity contribution < 1.29 is 4.79 Å². The van der Waals surface area contributed by atoms with Crippen molar-refractivity contribution in [2.75, 3.05) is 18.4 Å². The van der Waals surface area contributed by atoms with Crippen LogP contribution in [0.1, 0.15) is 43.4 Å². The third kappa shape index (κ3) is 3.12. The van der Waals surface area contributed by atoms with E-state index >= 15 is 0 Å². The highest BCUT2D eigenvalue weighted by Gasteiger charge is 2.49. The van der Waals surface area contributed by atoms with Crippen molar-refractivity contribution in [3.05, 3.63) is 65.2 Å². The molecule has 3 nitrogen and oxygen atoms in total. The van der Waals surface area contributed by atoms with Crippen LogP contribution >= 0.6 is 0 Å². The predicted octanol–water partition coefficient (Wildman–Crippen LogP) is 4.22. The molecule has 2 aromatic rings. The van der Waals surface area contributed by atoms with Crippen LogP contribution in [0, 0.1) is 18.3 Å². The number of fused-ring (bicyclic) bond motifs is 2. The van der Waals surface area contributed by atoms with Crippen molar-refractivity contribution in [1.82, 2.24) is 4.90 Å². The first-order valence-corrected chi connectivity index (χ1v) is 10.2. The van der Waals surface area contributed by atoms with Gasteiger partial charge in [-0.25, -0.2) is 0 Å². The molecule has 3 unspecified atom stereocenters. The molecule has 2 aromatic carbocycles. The summed E-state index contributed by atoms with van der Waals surface area (Å²) in [6, 6.07) is 17.7. The van der Waals surface area contributed by atoms with Gasteiger partial charge in [-0.15, -0.1) is 6.42 Å². The molecule has 2 aliphatic rings. The molecular weight excluding hydrogens is 344 g/mol. The van der Waals surface area contributed by atoms with Crippen molar-refractivity contribution in [1.29, 1.82) is 0 Å². The second kappa shape index (κ2) is 7.45. The van der Waals surface area contributed by atoms with E-state index < -0.39 is 0 Å². The first-order chi connectivity index (χ1) is 13.5. The molecule has 0 radical (unpaired) electrons. The molecule has 1 aliphatic carbocycles. The molecule has 1 saturated heterocycles. The topological polar surface area (TPSA) is 32.3 Å². The highest BCUT2D eigenvalue weighted by molar-refractivity contribution is 5.88. The number of hydrogen-bond donors (Lipinski definition) is 1. The lowest BCUT2D eigenvalue weighted by molar-refractivity contribution is -0.114. The third-order valence-electron chi connectivity index (χ3n) is 6.72. The maximum atomic E-state index is 11.6. The van der Waals surface area contributed by atoms with Gasteiger partial charge >= 0.3 is 0 Å². The molecule has 28 heavy (non-hydrogen) atoms. The van der Waals surface area contributed by atoms with Gasteiger partial charge in [0.2, 0.25) is 5.91 Å². The molecule has 1 amide bonds. The number of carbonyl (C=O) groups excluding carboxylic acids is 1. The van der Waals surface area contributed by atoms with E-state index in [4.69, 9.17) is 6.42 Å². The largest absolute Gasteiger partial charge is 0.326 e. The second-order valence-corrected chi connectivity index (χ2v) is 8.32. The van der Waals surface area contributed by atoms with Crippen LogP contribution in [0.2, 0.25) is 0 Å². The van der Waals surface area contributed by atoms with E-state index in [2.05, 4.69) is 65.5 Å². The van der Waals surface area contributed by atoms with Crippen molar-refractivity contribution >= 4 is 11.6 Å². The summed E-state index contributed by atoms with van der Waals surface area (Å²) in [6.45, 7) is 5.74. The first kappa shape index (κ1) is 18.8. The third-order valence-corrected chi connectivity index (χ3v) is 6.72. The van der Waals surface area contributed by atoms with Gasteiger partial charge in [0.25, 0.3) is 0 Å². The Morgan fingerprint density at radius 2 is 2.07 bits per heavy atom. The minimum Gasteiger partial charge on any atom is -0.326 e. The summed E-state index contributed by atoms with van der Waals surface area (Å²) < 4.78 is 0. The van der Waals surface area contributed by atoms with Gasteiger partial charge in [0.1, 0.15) is 0 Å². The molecule has 1 heterocycles. The number of hydrogen-bond acceptors (Lipinski definition) is 2. The lowest BCUT2D eigenvalue weighted by Crippen LogP contribution is -2.56. The van der Waals surface area contributed by atoms with Crippen LogP contribution in [0.4, 0.5) is 5.69 Å². The molecular formula is C25H28N2O. The molecule has 3 heteroatoms. The molecule has 1 fully saturated rings. The van der Waals surface area contributed by atoms with Gasteiger partial charge in [-0.05, 0) is 60.5 Å². The van der Waals surface area contributed by atoms with E-state index in [9.17, 15) is 4.79 Å². The minimum absolute atomic E-state index is 0.0343. The summed E-state index contributed by atoms with van der Waals surface area (Å²) >= 11 is 0. The number of carbonyl (C=O) groups is 1. The Balaban J connectivity index is 1.88. The van der Waals surface area contributed by atoms with E-state index in [1.807, 2.05) is 6.07 Å². The van der Waals surface area contributed by atoms with E-state index in [-0.39, 0.29) is 11.3 Å². The summed E-state index contributed by atoms with van der Waals surface area (Å²) in [5.74, 6) is 3.33. The average Bonchev–Trinajstić information content (AvgIpc) is 2.70. The zero-order valence-corrected chi connectivity index (χ0v) is 16.7. The summed E-state index contributed by atoms with van der Waals surface area (Å²) in [7, 11) is 0. The monoisotopic (exact) mass is 372 g/mol. The van der Waals surface area contributed by atoms with Gasteiger partial charge in [-0.1, -0.05) is 49.2 Å². The molecule has 0 bridgehead atoms. The van der Waals surface area contributed by atoms with Crippen LogP contribution < -0.4 is 5.32 Å². The molecule has 0 aromatic heterocycles. The Bertz CT molecular complexity index is 914. The molecule has 0 saturated carbocycles. The number of terminal acetylenes is 1. The number of rotatable bonds is 3. The fraction of sp³-hybridized carbons (Fsp3) is 0.400. The van der Waals surface area contributed by atoms with E-state index in [0.717, 1.165) is 18.7 Å². The zero-order valence-electron chi connectivity index (χ0n) is 16.7. The summed E-state index contributed by atoms with van der Waals surface area (Å²) in [5, 5.41) is 2.97. The van der Waals surface area contributed by atoms with Gasteiger partial charge in [0.05, 0.1) is 6.54 Å². The number of nitrogens with zero attached hydrogens (tertiary/aromatic N) is 1. The number of benzene rings is 2.